The Morgan fingerprint density at radius 1 is 1.22 bits per heavy atom. The zero-order chi connectivity index (χ0) is 23.0. The molecule has 1 unspecified atom stereocenters. The van der Waals surface area contributed by atoms with E-state index in [0.717, 1.165) is 38.2 Å². The molecule has 0 aliphatic carbocycles. The smallest absolute Gasteiger partial charge is 0.243 e. The number of amides is 1. The summed E-state index contributed by atoms with van der Waals surface area (Å²) in [7, 11) is -3.66. The van der Waals surface area contributed by atoms with Crippen molar-refractivity contribution < 1.29 is 27.4 Å². The second-order valence-electron chi connectivity index (χ2n) is 7.88. The van der Waals surface area contributed by atoms with E-state index < -0.39 is 10.0 Å². The molecule has 1 amide bonds. The third-order valence-corrected chi connectivity index (χ3v) is 7.65. The van der Waals surface area contributed by atoms with E-state index in [9.17, 15) is 13.2 Å². The third kappa shape index (κ3) is 6.41. The normalized spacial score (nSPS) is 19.8. The molecule has 1 aromatic carbocycles. The van der Waals surface area contributed by atoms with Gasteiger partial charge in [0.2, 0.25) is 15.9 Å². The van der Waals surface area contributed by atoms with Crippen LogP contribution in [0, 0.1) is 0 Å². The molecule has 0 aromatic heterocycles. The third-order valence-electron chi connectivity index (χ3n) is 5.76. The summed E-state index contributed by atoms with van der Waals surface area (Å²) in [5.74, 6) is -0.216. The van der Waals surface area contributed by atoms with Crippen LogP contribution in [0.1, 0.15) is 33.1 Å². The molecule has 2 aliphatic heterocycles. The molecule has 2 heterocycles. The summed E-state index contributed by atoms with van der Waals surface area (Å²) in [6.45, 7) is 8.47. The number of carbonyl (C=O) groups excluding carboxylic acids is 1. The Morgan fingerprint density at radius 2 is 1.97 bits per heavy atom. The summed E-state index contributed by atoms with van der Waals surface area (Å²) in [6.07, 6.45) is 2.34. The fourth-order valence-electron chi connectivity index (χ4n) is 3.92. The average Bonchev–Trinajstić information content (AvgIpc) is 3.32. The molecule has 0 radical (unpaired) electrons. The maximum absolute atomic E-state index is 13.1. The second-order valence-corrected chi connectivity index (χ2v) is 9.81. The Kier molecular flexibility index (Phi) is 9.30. The molecular weight excluding hydrogens is 434 g/mol. The highest BCUT2D eigenvalue weighted by Crippen LogP contribution is 2.30. The molecule has 32 heavy (non-hydrogen) atoms. The Labute approximate surface area is 191 Å². The van der Waals surface area contributed by atoms with Gasteiger partial charge in [-0.3, -0.25) is 4.79 Å². The van der Waals surface area contributed by atoms with Gasteiger partial charge in [-0.1, -0.05) is 0 Å². The number of morpholine rings is 1. The summed E-state index contributed by atoms with van der Waals surface area (Å²) in [5.41, 5.74) is 1.29. The number of ether oxygens (including phenoxy) is 3. The molecule has 1 aromatic rings. The predicted octanol–water partition coefficient (Wildman–Crippen LogP) is 2.08. The summed E-state index contributed by atoms with van der Waals surface area (Å²) in [5, 5.41) is 2.90. The van der Waals surface area contributed by atoms with E-state index in [-0.39, 0.29) is 29.9 Å². The summed E-state index contributed by atoms with van der Waals surface area (Å²) in [6, 6.07) is 4.94. The zero-order valence-electron chi connectivity index (χ0n) is 19.0. The number of nitrogens with zero attached hydrogens (tertiary/aromatic N) is 2. The topological polar surface area (TPSA) is 97.4 Å². The Morgan fingerprint density at radius 3 is 2.62 bits per heavy atom. The van der Waals surface area contributed by atoms with Crippen LogP contribution < -0.4 is 10.2 Å². The molecule has 2 saturated heterocycles. The summed E-state index contributed by atoms with van der Waals surface area (Å²) < 4.78 is 44.0. The number of benzene rings is 1. The van der Waals surface area contributed by atoms with Crippen molar-refractivity contribution in [1.82, 2.24) is 4.31 Å². The Hall–Kier alpha value is -1.72. The standard InChI is InChI=1S/C22H35N3O6S/c1-3-24(4-2)21-8-7-19(32(27,28)25-10-14-29-15-11-25)16-20(21)23-22(26)9-13-30-17-18-6-5-12-31-18/h7-8,16,18H,3-6,9-15,17H2,1-2H3,(H,23,26). The number of hydrogen-bond donors (Lipinski definition) is 1. The number of hydrogen-bond acceptors (Lipinski definition) is 7. The first-order chi connectivity index (χ1) is 15.5. The summed E-state index contributed by atoms with van der Waals surface area (Å²) in [4.78, 5) is 14.9. The lowest BCUT2D eigenvalue weighted by Crippen LogP contribution is -2.40. The largest absolute Gasteiger partial charge is 0.379 e. The molecule has 2 aliphatic rings. The van der Waals surface area contributed by atoms with Gasteiger partial charge in [0.05, 0.1) is 55.2 Å². The monoisotopic (exact) mass is 469 g/mol. The van der Waals surface area contributed by atoms with Gasteiger partial charge in [0.1, 0.15) is 0 Å². The lowest BCUT2D eigenvalue weighted by molar-refractivity contribution is -0.117. The molecule has 3 rings (SSSR count). The first-order valence-corrected chi connectivity index (χ1v) is 12.9. The van der Waals surface area contributed by atoms with Crippen molar-refractivity contribution in [1.29, 1.82) is 0 Å². The van der Waals surface area contributed by atoms with Crippen LogP contribution in [0.2, 0.25) is 0 Å². The van der Waals surface area contributed by atoms with E-state index in [1.54, 1.807) is 18.2 Å². The van der Waals surface area contributed by atoms with Crippen molar-refractivity contribution in [2.75, 3.05) is 69.4 Å². The molecule has 180 valence electrons. The first-order valence-electron chi connectivity index (χ1n) is 11.4. The van der Waals surface area contributed by atoms with Gasteiger partial charge in [-0.05, 0) is 44.9 Å². The van der Waals surface area contributed by atoms with Gasteiger partial charge >= 0.3 is 0 Å². The highest BCUT2D eigenvalue weighted by Gasteiger charge is 2.27. The van der Waals surface area contributed by atoms with Gasteiger partial charge in [-0.15, -0.1) is 0 Å². The molecular formula is C22H35N3O6S. The molecule has 2 fully saturated rings. The fraction of sp³-hybridized carbons (Fsp3) is 0.682. The lowest BCUT2D eigenvalue weighted by Gasteiger charge is -2.28. The minimum absolute atomic E-state index is 0.120. The van der Waals surface area contributed by atoms with E-state index in [0.29, 0.717) is 38.6 Å². The predicted molar refractivity (Wildman–Crippen MR) is 123 cm³/mol. The number of sulfonamides is 1. The van der Waals surface area contributed by atoms with Crippen LogP contribution in [-0.2, 0) is 29.0 Å². The van der Waals surface area contributed by atoms with Gasteiger partial charge in [0, 0.05) is 32.8 Å². The number of rotatable bonds is 11. The maximum atomic E-state index is 13.1. The highest BCUT2D eigenvalue weighted by atomic mass is 32.2. The minimum atomic E-state index is -3.66. The van der Waals surface area contributed by atoms with Gasteiger partial charge in [0.25, 0.3) is 0 Å². The SMILES string of the molecule is CCN(CC)c1ccc(S(=O)(=O)N2CCOCC2)cc1NC(=O)CCOCC1CCCO1. The van der Waals surface area contributed by atoms with Gasteiger partial charge in [-0.2, -0.15) is 4.31 Å². The van der Waals surface area contributed by atoms with Crippen LogP contribution in [0.3, 0.4) is 0 Å². The number of nitrogens with one attached hydrogen (secondary N) is 1. The zero-order valence-corrected chi connectivity index (χ0v) is 19.9. The van der Waals surface area contributed by atoms with E-state index in [4.69, 9.17) is 14.2 Å². The van der Waals surface area contributed by atoms with E-state index in [2.05, 4.69) is 10.2 Å². The Balaban J connectivity index is 1.70. The maximum Gasteiger partial charge on any atom is 0.243 e. The van der Waals surface area contributed by atoms with E-state index in [1.807, 2.05) is 13.8 Å². The van der Waals surface area contributed by atoms with Gasteiger partial charge in [-0.25, -0.2) is 8.42 Å². The average molecular weight is 470 g/mol. The van der Waals surface area contributed by atoms with Crippen molar-refractivity contribution in [2.24, 2.45) is 0 Å². The molecule has 0 bridgehead atoms. The molecule has 10 heteroatoms. The minimum Gasteiger partial charge on any atom is -0.379 e. The molecule has 1 atom stereocenters. The molecule has 1 N–H and O–H groups in total. The van der Waals surface area contributed by atoms with Crippen LogP contribution in [0.4, 0.5) is 11.4 Å². The first kappa shape index (κ1) is 24.9. The molecule has 0 spiro atoms. The van der Waals surface area contributed by atoms with Gasteiger partial charge in [0.15, 0.2) is 0 Å². The fourth-order valence-corrected chi connectivity index (χ4v) is 5.35. The highest BCUT2D eigenvalue weighted by molar-refractivity contribution is 7.89. The molecule has 0 saturated carbocycles. The quantitative estimate of drug-likeness (QED) is 0.496. The van der Waals surface area contributed by atoms with Gasteiger partial charge < -0.3 is 24.4 Å². The Bertz CT molecular complexity index is 847. The van der Waals surface area contributed by atoms with E-state index >= 15 is 0 Å². The summed E-state index contributed by atoms with van der Waals surface area (Å²) >= 11 is 0. The van der Waals surface area contributed by atoms with Crippen molar-refractivity contribution in [2.45, 2.75) is 44.1 Å². The van der Waals surface area contributed by atoms with Crippen LogP contribution in [0.5, 0.6) is 0 Å². The van der Waals surface area contributed by atoms with Crippen LogP contribution >= 0.6 is 0 Å². The lowest BCUT2D eigenvalue weighted by atomic mass is 10.2. The van der Waals surface area contributed by atoms with E-state index in [1.165, 1.54) is 4.31 Å². The number of anilines is 2. The molecule has 9 nitrogen and oxygen atoms in total. The van der Waals surface area contributed by atoms with Crippen molar-refractivity contribution in [3.8, 4) is 0 Å². The van der Waals surface area contributed by atoms with Crippen LogP contribution in [-0.4, -0.2) is 83.9 Å². The van der Waals surface area contributed by atoms with Crippen molar-refractivity contribution >= 4 is 27.3 Å². The van der Waals surface area contributed by atoms with Crippen LogP contribution in [0.15, 0.2) is 23.1 Å². The second kappa shape index (κ2) is 11.9. The van der Waals surface area contributed by atoms with Crippen molar-refractivity contribution in [3.63, 3.8) is 0 Å². The van der Waals surface area contributed by atoms with Crippen LogP contribution in [0.25, 0.3) is 0 Å². The number of carbonyl (C=O) groups is 1. The van der Waals surface area contributed by atoms with Crippen molar-refractivity contribution in [3.05, 3.63) is 18.2 Å².